The second-order valence-corrected chi connectivity index (χ2v) is 7.54. The van der Waals surface area contributed by atoms with Crippen LogP contribution in [0.15, 0.2) is 71.9 Å². The van der Waals surface area contributed by atoms with Crippen LogP contribution in [0.4, 0.5) is 0 Å². The van der Waals surface area contributed by atoms with Gasteiger partial charge in [0.1, 0.15) is 11.2 Å². The monoisotopic (exact) mass is 422 g/mol. The SMILES string of the molecule is O=C(NC1CC1)c1cn(-c2cccc(C#Cc3cccnc3O)c2)c2ncccc2c1=O. The van der Waals surface area contributed by atoms with Crippen molar-refractivity contribution in [3.8, 4) is 23.4 Å². The maximum atomic E-state index is 12.9. The van der Waals surface area contributed by atoms with E-state index in [-0.39, 0.29) is 28.8 Å². The molecular formula is C25H18N4O3. The molecule has 156 valence electrons. The van der Waals surface area contributed by atoms with Crippen LogP contribution in [0.25, 0.3) is 16.7 Å². The number of hydrogen-bond donors (Lipinski definition) is 2. The lowest BCUT2D eigenvalue weighted by Gasteiger charge is -2.13. The van der Waals surface area contributed by atoms with Crippen LogP contribution in [0.2, 0.25) is 0 Å². The molecule has 5 rings (SSSR count). The van der Waals surface area contributed by atoms with Crippen molar-refractivity contribution in [2.24, 2.45) is 0 Å². The Morgan fingerprint density at radius 1 is 1.06 bits per heavy atom. The topological polar surface area (TPSA) is 97.1 Å². The van der Waals surface area contributed by atoms with Crippen molar-refractivity contribution < 1.29 is 9.90 Å². The van der Waals surface area contributed by atoms with Gasteiger partial charge < -0.3 is 15.0 Å². The maximum Gasteiger partial charge on any atom is 0.257 e. The number of benzene rings is 1. The molecule has 7 heteroatoms. The van der Waals surface area contributed by atoms with Gasteiger partial charge in [-0.15, -0.1) is 0 Å². The van der Waals surface area contributed by atoms with Crippen molar-refractivity contribution in [3.05, 3.63) is 94.0 Å². The van der Waals surface area contributed by atoms with Crippen LogP contribution in [0.5, 0.6) is 5.88 Å². The zero-order valence-electron chi connectivity index (χ0n) is 16.9. The first-order valence-corrected chi connectivity index (χ1v) is 10.2. The summed E-state index contributed by atoms with van der Waals surface area (Å²) in [6.07, 6.45) is 6.50. The number of carbonyl (C=O) groups excluding carboxylic acids is 1. The number of hydrogen-bond acceptors (Lipinski definition) is 5. The lowest BCUT2D eigenvalue weighted by atomic mass is 10.1. The Balaban J connectivity index is 1.61. The Labute approximate surface area is 183 Å². The molecule has 1 amide bonds. The number of aromatic hydroxyl groups is 1. The molecule has 0 atom stereocenters. The Kier molecular flexibility index (Phi) is 4.88. The molecule has 7 nitrogen and oxygen atoms in total. The standard InChI is InChI=1S/C25H18N4O3/c30-22-20-7-3-12-26-23(20)29(15-21(22)25(32)28-18-10-11-18)19-6-1-4-16(14-19)8-9-17-5-2-13-27-24(17)31/h1-7,12-15,18H,10-11H2,(H,27,31)(H,28,32). The zero-order valence-corrected chi connectivity index (χ0v) is 16.9. The number of pyridine rings is 3. The summed E-state index contributed by atoms with van der Waals surface area (Å²) in [4.78, 5) is 33.9. The Hall–Kier alpha value is -4.44. The zero-order chi connectivity index (χ0) is 22.1. The summed E-state index contributed by atoms with van der Waals surface area (Å²) in [6, 6.07) is 14.2. The van der Waals surface area contributed by atoms with Crippen LogP contribution in [0.3, 0.4) is 0 Å². The molecule has 1 aliphatic carbocycles. The van der Waals surface area contributed by atoms with E-state index in [9.17, 15) is 14.7 Å². The van der Waals surface area contributed by atoms with E-state index >= 15 is 0 Å². The number of fused-ring (bicyclic) bond motifs is 1. The summed E-state index contributed by atoms with van der Waals surface area (Å²) >= 11 is 0. The van der Waals surface area contributed by atoms with Crippen LogP contribution in [-0.2, 0) is 0 Å². The van der Waals surface area contributed by atoms with E-state index in [4.69, 9.17) is 0 Å². The smallest absolute Gasteiger partial charge is 0.257 e. The lowest BCUT2D eigenvalue weighted by molar-refractivity contribution is 0.0949. The van der Waals surface area contributed by atoms with E-state index in [1.165, 1.54) is 12.4 Å². The Bertz CT molecular complexity index is 1480. The molecule has 32 heavy (non-hydrogen) atoms. The van der Waals surface area contributed by atoms with Gasteiger partial charge in [-0.25, -0.2) is 9.97 Å². The highest BCUT2D eigenvalue weighted by molar-refractivity contribution is 5.97. The van der Waals surface area contributed by atoms with Crippen molar-refractivity contribution in [2.75, 3.05) is 0 Å². The molecule has 3 heterocycles. The third-order valence-electron chi connectivity index (χ3n) is 5.17. The van der Waals surface area contributed by atoms with E-state index in [1.807, 2.05) is 24.3 Å². The van der Waals surface area contributed by atoms with E-state index in [0.717, 1.165) is 12.8 Å². The fraction of sp³-hybridized carbons (Fsp3) is 0.120. The fourth-order valence-corrected chi connectivity index (χ4v) is 3.38. The molecule has 3 aromatic heterocycles. The van der Waals surface area contributed by atoms with Crippen LogP contribution in [0.1, 0.15) is 34.3 Å². The lowest BCUT2D eigenvalue weighted by Crippen LogP contribution is -2.31. The largest absolute Gasteiger partial charge is 0.492 e. The van der Waals surface area contributed by atoms with Gasteiger partial charge in [-0.3, -0.25) is 9.59 Å². The molecule has 1 aromatic carbocycles. The van der Waals surface area contributed by atoms with Crippen molar-refractivity contribution in [1.82, 2.24) is 19.9 Å². The third-order valence-corrected chi connectivity index (χ3v) is 5.17. The van der Waals surface area contributed by atoms with E-state index in [2.05, 4.69) is 27.1 Å². The van der Waals surface area contributed by atoms with Crippen molar-refractivity contribution in [2.45, 2.75) is 18.9 Å². The molecule has 0 saturated heterocycles. The van der Waals surface area contributed by atoms with Gasteiger partial charge in [0.15, 0.2) is 0 Å². The molecule has 0 aliphatic heterocycles. The van der Waals surface area contributed by atoms with Gasteiger partial charge in [0.25, 0.3) is 5.91 Å². The first-order chi connectivity index (χ1) is 15.6. The number of carbonyl (C=O) groups is 1. The summed E-state index contributed by atoms with van der Waals surface area (Å²) in [5.74, 6) is 5.43. The summed E-state index contributed by atoms with van der Waals surface area (Å²) in [5, 5.41) is 13.1. The van der Waals surface area contributed by atoms with Gasteiger partial charge in [-0.2, -0.15) is 0 Å². The van der Waals surface area contributed by atoms with Crippen molar-refractivity contribution in [1.29, 1.82) is 0 Å². The van der Waals surface area contributed by atoms with Crippen LogP contribution >= 0.6 is 0 Å². The number of nitrogens with one attached hydrogen (secondary N) is 1. The first kappa shape index (κ1) is 19.5. The predicted molar refractivity (Wildman–Crippen MR) is 120 cm³/mol. The molecule has 0 radical (unpaired) electrons. The predicted octanol–water partition coefficient (Wildman–Crippen LogP) is 2.78. The Morgan fingerprint density at radius 3 is 2.69 bits per heavy atom. The van der Waals surface area contributed by atoms with Crippen LogP contribution in [-0.4, -0.2) is 31.6 Å². The van der Waals surface area contributed by atoms with Gasteiger partial charge in [-0.1, -0.05) is 17.9 Å². The summed E-state index contributed by atoms with van der Waals surface area (Å²) in [6.45, 7) is 0. The maximum absolute atomic E-state index is 12.9. The quantitative estimate of drug-likeness (QED) is 0.495. The summed E-state index contributed by atoms with van der Waals surface area (Å²) in [5.41, 5.74) is 2.01. The van der Waals surface area contributed by atoms with E-state index < -0.39 is 0 Å². The molecular weight excluding hydrogens is 404 g/mol. The minimum absolute atomic E-state index is 0.0779. The minimum Gasteiger partial charge on any atom is -0.492 e. The second kappa shape index (κ2) is 8.00. The summed E-state index contributed by atoms with van der Waals surface area (Å²) < 4.78 is 1.73. The number of nitrogens with zero attached hydrogens (tertiary/aromatic N) is 3. The van der Waals surface area contributed by atoms with Gasteiger partial charge in [0.2, 0.25) is 11.3 Å². The van der Waals surface area contributed by atoms with Crippen molar-refractivity contribution in [3.63, 3.8) is 0 Å². The molecule has 0 bridgehead atoms. The molecule has 4 aromatic rings. The molecule has 1 saturated carbocycles. The van der Waals surface area contributed by atoms with Crippen LogP contribution < -0.4 is 10.7 Å². The molecule has 1 fully saturated rings. The molecule has 2 N–H and O–H groups in total. The highest BCUT2D eigenvalue weighted by atomic mass is 16.3. The third kappa shape index (κ3) is 3.82. The summed E-state index contributed by atoms with van der Waals surface area (Å²) in [7, 11) is 0. The van der Waals surface area contributed by atoms with E-state index in [1.54, 1.807) is 35.0 Å². The average Bonchev–Trinajstić information content (AvgIpc) is 3.63. The minimum atomic E-state index is -0.375. The van der Waals surface area contributed by atoms with Crippen LogP contribution in [0, 0.1) is 11.8 Å². The van der Waals surface area contributed by atoms with Crippen molar-refractivity contribution >= 4 is 16.9 Å². The molecule has 0 unspecified atom stereocenters. The van der Waals surface area contributed by atoms with E-state index in [0.29, 0.717) is 27.8 Å². The normalized spacial score (nSPS) is 12.8. The fourth-order valence-electron chi connectivity index (χ4n) is 3.38. The molecule has 0 spiro atoms. The molecule has 1 aliphatic rings. The van der Waals surface area contributed by atoms with Gasteiger partial charge in [-0.05, 0) is 55.3 Å². The highest BCUT2D eigenvalue weighted by Gasteiger charge is 2.26. The van der Waals surface area contributed by atoms with Gasteiger partial charge in [0, 0.05) is 35.9 Å². The number of aromatic nitrogens is 3. The highest BCUT2D eigenvalue weighted by Crippen LogP contribution is 2.21. The van der Waals surface area contributed by atoms with Gasteiger partial charge in [0.05, 0.1) is 10.9 Å². The number of rotatable bonds is 3. The first-order valence-electron chi connectivity index (χ1n) is 10.2. The average molecular weight is 422 g/mol. The Morgan fingerprint density at radius 2 is 1.88 bits per heavy atom. The van der Waals surface area contributed by atoms with Gasteiger partial charge >= 0.3 is 0 Å². The second-order valence-electron chi connectivity index (χ2n) is 7.54. The number of amides is 1.